The van der Waals surface area contributed by atoms with Crippen LogP contribution >= 0.6 is 23.1 Å². The number of hydrogen-bond donors (Lipinski definition) is 1. The third-order valence-corrected chi connectivity index (χ3v) is 9.35. The summed E-state index contributed by atoms with van der Waals surface area (Å²) in [6.07, 6.45) is 2.42. The van der Waals surface area contributed by atoms with Gasteiger partial charge < -0.3 is 9.47 Å². The Bertz CT molecular complexity index is 1640. The Kier molecular flexibility index (Phi) is 6.88. The standard InChI is InChI=1S/C32H29ClN2O4S/c1-18-28(34-31(37)39-19(2)24-6-4-5-7-27(24)33)29(40-35-18)22-10-12-25-20(16-22)8-9-21-17-23(11-13-26(21)25)32(14-15-32)30(36)38-3/h4-7,10-13,16-17,19H,8-9,14-15H2,1-3H3,(H,34,37). The van der Waals surface area contributed by atoms with Crippen LogP contribution in [-0.4, -0.2) is 23.5 Å². The second kappa shape index (κ2) is 10.4. The second-order valence-electron chi connectivity index (χ2n) is 10.5. The highest BCUT2D eigenvalue weighted by atomic mass is 35.5. The van der Waals surface area contributed by atoms with E-state index in [2.05, 4.69) is 46.1 Å². The fourth-order valence-electron chi connectivity index (χ4n) is 5.64. The number of esters is 1. The summed E-state index contributed by atoms with van der Waals surface area (Å²) in [5, 5.41) is 3.47. The molecule has 1 atom stereocenters. The van der Waals surface area contributed by atoms with Crippen LogP contribution in [0.25, 0.3) is 21.6 Å². The Balaban J connectivity index is 1.24. The molecule has 0 radical (unpaired) electrons. The monoisotopic (exact) mass is 572 g/mol. The molecule has 1 saturated carbocycles. The summed E-state index contributed by atoms with van der Waals surface area (Å²) in [6, 6.07) is 20.2. The molecule has 1 N–H and O–H groups in total. The van der Waals surface area contributed by atoms with Gasteiger partial charge in [-0.3, -0.25) is 10.1 Å². The van der Waals surface area contributed by atoms with E-state index >= 15 is 0 Å². The topological polar surface area (TPSA) is 77.5 Å². The number of carbonyl (C=O) groups excluding carboxylic acids is 2. The van der Waals surface area contributed by atoms with E-state index in [4.69, 9.17) is 21.1 Å². The quantitative estimate of drug-likeness (QED) is 0.236. The van der Waals surface area contributed by atoms with Crippen LogP contribution in [0.1, 0.15) is 53.8 Å². The van der Waals surface area contributed by atoms with Crippen molar-refractivity contribution in [3.05, 3.63) is 93.6 Å². The summed E-state index contributed by atoms with van der Waals surface area (Å²) in [5.41, 5.74) is 8.64. The van der Waals surface area contributed by atoms with E-state index in [1.165, 1.54) is 40.9 Å². The maximum absolute atomic E-state index is 12.8. The van der Waals surface area contributed by atoms with E-state index < -0.39 is 17.6 Å². The van der Waals surface area contributed by atoms with Crippen LogP contribution in [0, 0.1) is 6.92 Å². The molecule has 1 aromatic heterocycles. The highest BCUT2D eigenvalue weighted by molar-refractivity contribution is 7.10. The lowest BCUT2D eigenvalue weighted by Crippen LogP contribution is -2.22. The van der Waals surface area contributed by atoms with E-state index in [-0.39, 0.29) is 5.97 Å². The van der Waals surface area contributed by atoms with Crippen molar-refractivity contribution in [3.63, 3.8) is 0 Å². The number of halogens is 1. The summed E-state index contributed by atoms with van der Waals surface area (Å²) in [5.74, 6) is -0.139. The Hall–Kier alpha value is -3.68. The SMILES string of the molecule is COC(=O)C1(c2ccc3c(c2)CCc2cc(-c4snc(C)c4NC(=O)OC(C)c4ccccc4Cl)ccc2-3)CC1. The molecule has 0 bridgehead atoms. The van der Waals surface area contributed by atoms with Gasteiger partial charge in [0.05, 0.1) is 28.8 Å². The van der Waals surface area contributed by atoms with Crippen LogP contribution in [0.3, 0.4) is 0 Å². The molecule has 3 aromatic carbocycles. The molecule has 1 unspecified atom stereocenters. The van der Waals surface area contributed by atoms with Gasteiger partial charge in [0.15, 0.2) is 0 Å². The van der Waals surface area contributed by atoms with E-state index in [9.17, 15) is 9.59 Å². The zero-order chi connectivity index (χ0) is 28.0. The summed E-state index contributed by atoms with van der Waals surface area (Å²) in [4.78, 5) is 26.1. The van der Waals surface area contributed by atoms with Crippen molar-refractivity contribution in [2.75, 3.05) is 12.4 Å². The van der Waals surface area contributed by atoms with Gasteiger partial charge in [0, 0.05) is 10.6 Å². The number of ether oxygens (including phenoxy) is 2. The lowest BCUT2D eigenvalue weighted by Gasteiger charge is -2.23. The normalized spacial score (nSPS) is 15.4. The molecular weight excluding hydrogens is 544 g/mol. The third kappa shape index (κ3) is 4.67. The lowest BCUT2D eigenvalue weighted by atomic mass is 9.82. The second-order valence-corrected chi connectivity index (χ2v) is 11.7. The van der Waals surface area contributed by atoms with Gasteiger partial charge in [0.2, 0.25) is 0 Å². The molecule has 1 amide bonds. The van der Waals surface area contributed by atoms with E-state index in [1.807, 2.05) is 25.1 Å². The van der Waals surface area contributed by atoms with E-state index in [0.29, 0.717) is 10.7 Å². The zero-order valence-corrected chi connectivity index (χ0v) is 24.1. The van der Waals surface area contributed by atoms with E-state index in [1.54, 1.807) is 13.0 Å². The van der Waals surface area contributed by atoms with Crippen molar-refractivity contribution in [1.29, 1.82) is 0 Å². The first-order valence-electron chi connectivity index (χ1n) is 13.3. The van der Waals surface area contributed by atoms with Crippen molar-refractivity contribution < 1.29 is 19.1 Å². The average molecular weight is 573 g/mol. The van der Waals surface area contributed by atoms with Crippen LogP contribution in [-0.2, 0) is 32.5 Å². The van der Waals surface area contributed by atoms with Gasteiger partial charge in [-0.25, -0.2) is 4.79 Å². The number of nitrogens with zero attached hydrogens (tertiary/aromatic N) is 1. The average Bonchev–Trinajstić information content (AvgIpc) is 3.70. The predicted octanol–water partition coefficient (Wildman–Crippen LogP) is 8.05. The molecule has 0 spiro atoms. The number of nitrogens with one attached hydrogen (secondary N) is 1. The first-order valence-corrected chi connectivity index (χ1v) is 14.5. The maximum atomic E-state index is 12.8. The number of hydrogen-bond acceptors (Lipinski definition) is 6. The van der Waals surface area contributed by atoms with Crippen LogP contribution in [0.15, 0.2) is 60.7 Å². The number of aryl methyl sites for hydroxylation is 3. The number of amides is 1. The van der Waals surface area contributed by atoms with Gasteiger partial charge >= 0.3 is 12.1 Å². The fraction of sp³-hybridized carbons (Fsp3) is 0.281. The van der Waals surface area contributed by atoms with Crippen LogP contribution in [0.2, 0.25) is 5.02 Å². The minimum atomic E-state index is -0.556. The molecule has 0 saturated heterocycles. The molecular formula is C32H29ClN2O4S. The molecule has 1 heterocycles. The van der Waals surface area contributed by atoms with Gasteiger partial charge in [-0.05, 0) is 96.6 Å². The van der Waals surface area contributed by atoms with Gasteiger partial charge in [0.25, 0.3) is 0 Å². The number of benzene rings is 3. The highest BCUT2D eigenvalue weighted by Crippen LogP contribution is 2.50. The van der Waals surface area contributed by atoms with Gasteiger partial charge in [0.1, 0.15) is 6.10 Å². The number of carbonyl (C=O) groups is 2. The minimum Gasteiger partial charge on any atom is -0.468 e. The number of fused-ring (bicyclic) bond motifs is 3. The Morgan fingerprint density at radius 2 is 1.73 bits per heavy atom. The van der Waals surface area contributed by atoms with Crippen molar-refractivity contribution >= 4 is 40.9 Å². The van der Waals surface area contributed by atoms with Crippen LogP contribution < -0.4 is 5.32 Å². The molecule has 0 aliphatic heterocycles. The molecule has 40 heavy (non-hydrogen) atoms. The van der Waals surface area contributed by atoms with Crippen LogP contribution in [0.4, 0.5) is 10.5 Å². The van der Waals surface area contributed by atoms with Crippen molar-refractivity contribution in [2.24, 2.45) is 0 Å². The molecule has 2 aliphatic carbocycles. The number of aromatic nitrogens is 1. The largest absolute Gasteiger partial charge is 0.468 e. The zero-order valence-electron chi connectivity index (χ0n) is 22.5. The molecule has 1 fully saturated rings. The smallest absolute Gasteiger partial charge is 0.412 e. The maximum Gasteiger partial charge on any atom is 0.412 e. The number of rotatable bonds is 6. The Morgan fingerprint density at radius 1 is 1.02 bits per heavy atom. The summed E-state index contributed by atoms with van der Waals surface area (Å²) in [7, 11) is 1.46. The molecule has 6 nitrogen and oxygen atoms in total. The van der Waals surface area contributed by atoms with Crippen molar-refractivity contribution in [2.45, 2.75) is 51.0 Å². The van der Waals surface area contributed by atoms with Crippen molar-refractivity contribution in [3.8, 4) is 21.6 Å². The molecule has 204 valence electrons. The minimum absolute atomic E-state index is 0.139. The Labute approximate surface area is 242 Å². The van der Waals surface area contributed by atoms with Crippen molar-refractivity contribution in [1.82, 2.24) is 4.37 Å². The van der Waals surface area contributed by atoms with Gasteiger partial charge in [-0.1, -0.05) is 60.1 Å². The molecule has 6 rings (SSSR count). The summed E-state index contributed by atoms with van der Waals surface area (Å²) < 4.78 is 15.2. The molecule has 8 heteroatoms. The van der Waals surface area contributed by atoms with Crippen LogP contribution in [0.5, 0.6) is 0 Å². The third-order valence-electron chi connectivity index (χ3n) is 8.02. The van der Waals surface area contributed by atoms with Gasteiger partial charge in [-0.15, -0.1) is 0 Å². The van der Waals surface area contributed by atoms with Gasteiger partial charge in [-0.2, -0.15) is 4.37 Å². The molecule has 2 aliphatic rings. The Morgan fingerprint density at radius 3 is 2.42 bits per heavy atom. The molecule has 4 aromatic rings. The highest BCUT2D eigenvalue weighted by Gasteiger charge is 2.52. The predicted molar refractivity (Wildman–Crippen MR) is 158 cm³/mol. The lowest BCUT2D eigenvalue weighted by molar-refractivity contribution is -0.143. The summed E-state index contributed by atoms with van der Waals surface area (Å²) >= 11 is 7.63. The summed E-state index contributed by atoms with van der Waals surface area (Å²) in [6.45, 7) is 3.67. The van der Waals surface area contributed by atoms with E-state index in [0.717, 1.165) is 52.9 Å². The fourth-order valence-corrected chi connectivity index (χ4v) is 6.77. The first-order chi connectivity index (χ1) is 19.3. The first kappa shape index (κ1) is 26.5. The number of methoxy groups -OCH3 is 1. The number of anilines is 1.